The van der Waals surface area contributed by atoms with Gasteiger partial charge in [-0.05, 0) is 0 Å². The maximum absolute atomic E-state index is 6.68. The van der Waals surface area contributed by atoms with Crippen LogP contribution in [0.2, 0.25) is 5.32 Å². The van der Waals surface area contributed by atoms with E-state index >= 15 is 0 Å². The van der Waals surface area contributed by atoms with Crippen LogP contribution in [0.15, 0.2) is 42.0 Å². The zero-order chi connectivity index (χ0) is 18.7. The number of hydrogen-bond donors (Lipinski definition) is 0. The van der Waals surface area contributed by atoms with Crippen LogP contribution >= 0.6 is 0 Å². The Morgan fingerprint density at radius 3 is 2.65 bits per heavy atom. The van der Waals surface area contributed by atoms with E-state index in [9.17, 15) is 0 Å². The van der Waals surface area contributed by atoms with Gasteiger partial charge in [0.05, 0.1) is 0 Å². The Kier molecular flexibility index (Phi) is 6.67. The quantitative estimate of drug-likeness (QED) is 0.508. The summed E-state index contributed by atoms with van der Waals surface area (Å²) in [7, 11) is 0. The fraction of sp³-hybridized carbons (Fsp3) is 0.652. The number of fused-ring (bicyclic) bond motifs is 1. The molecule has 0 bridgehead atoms. The summed E-state index contributed by atoms with van der Waals surface area (Å²) in [5, 5.41) is 1.24. The van der Waals surface area contributed by atoms with Gasteiger partial charge in [0.25, 0.3) is 0 Å². The molecule has 144 valence electrons. The van der Waals surface area contributed by atoms with Crippen molar-refractivity contribution in [2.45, 2.75) is 77.1 Å². The molecule has 2 nitrogen and oxygen atoms in total. The monoisotopic (exact) mass is 421 g/mol. The second-order valence-electron chi connectivity index (χ2n) is 8.84. The summed E-state index contributed by atoms with van der Waals surface area (Å²) >= 11 is 0.533. The molecule has 1 saturated heterocycles. The van der Waals surface area contributed by atoms with Crippen molar-refractivity contribution in [3.63, 3.8) is 0 Å². The Labute approximate surface area is 166 Å². The number of ether oxygens (including phenoxy) is 1. The van der Waals surface area contributed by atoms with Gasteiger partial charge >= 0.3 is 166 Å². The molecule has 3 heteroatoms. The van der Waals surface area contributed by atoms with Gasteiger partial charge in [0, 0.05) is 0 Å². The van der Waals surface area contributed by atoms with E-state index in [-0.39, 0.29) is 11.8 Å². The van der Waals surface area contributed by atoms with Gasteiger partial charge in [-0.3, -0.25) is 0 Å². The van der Waals surface area contributed by atoms with Crippen LogP contribution < -0.4 is 4.46 Å². The van der Waals surface area contributed by atoms with Crippen LogP contribution in [-0.2, 0) is 4.74 Å². The molecule has 2 fully saturated rings. The van der Waals surface area contributed by atoms with Crippen LogP contribution in [0.1, 0.15) is 53.9 Å². The van der Waals surface area contributed by atoms with E-state index in [0.717, 1.165) is 12.5 Å². The summed E-state index contributed by atoms with van der Waals surface area (Å²) < 4.78 is 8.18. The molecule has 0 amide bonds. The van der Waals surface area contributed by atoms with Crippen molar-refractivity contribution in [2.75, 3.05) is 6.54 Å². The summed E-state index contributed by atoms with van der Waals surface area (Å²) in [5.41, 5.74) is 1.55. The zero-order valence-corrected chi connectivity index (χ0v) is 18.8. The number of benzene rings is 1. The van der Waals surface area contributed by atoms with Gasteiger partial charge in [-0.2, -0.15) is 0 Å². The van der Waals surface area contributed by atoms with E-state index in [2.05, 4.69) is 75.9 Å². The molecule has 1 aromatic carbocycles. The van der Waals surface area contributed by atoms with Crippen molar-refractivity contribution in [1.29, 1.82) is 0 Å². The summed E-state index contributed by atoms with van der Waals surface area (Å²) in [6.07, 6.45) is 6.78. The van der Waals surface area contributed by atoms with Crippen LogP contribution in [0.3, 0.4) is 0 Å². The molecule has 2 aliphatic rings. The Hall–Kier alpha value is -0.601. The van der Waals surface area contributed by atoms with Crippen molar-refractivity contribution in [2.24, 2.45) is 11.8 Å². The molecule has 1 aromatic rings. The maximum atomic E-state index is 6.68. The molecule has 1 aliphatic carbocycles. The first kappa shape index (κ1) is 20.1. The molecule has 0 aromatic heterocycles. The first-order valence-corrected chi connectivity index (χ1v) is 12.2. The molecule has 3 rings (SSSR count). The number of nitrogens with zero attached hydrogens (tertiary/aromatic N) is 1. The first-order valence-electron chi connectivity index (χ1n) is 10.1. The summed E-state index contributed by atoms with van der Waals surface area (Å²) in [6, 6.07) is 11.0. The average Bonchev–Trinajstić information content (AvgIpc) is 2.57. The minimum atomic E-state index is 0.133. The van der Waals surface area contributed by atoms with Crippen molar-refractivity contribution in [1.82, 2.24) is 4.90 Å². The summed E-state index contributed by atoms with van der Waals surface area (Å²) in [6.45, 7) is 12.8. The van der Waals surface area contributed by atoms with E-state index in [1.807, 2.05) is 0 Å². The number of hydrogen-bond acceptors (Lipinski definition) is 2. The van der Waals surface area contributed by atoms with Crippen molar-refractivity contribution >= 4 is 19.4 Å². The van der Waals surface area contributed by atoms with Crippen LogP contribution in [0.5, 0.6) is 0 Å². The second-order valence-corrected chi connectivity index (χ2v) is 11.3. The Balaban J connectivity index is 1.74. The zero-order valence-electron chi connectivity index (χ0n) is 17.1. The van der Waals surface area contributed by atoms with E-state index < -0.39 is 0 Å². The third-order valence-electron chi connectivity index (χ3n) is 6.14. The molecule has 26 heavy (non-hydrogen) atoms. The third kappa shape index (κ3) is 4.62. The molecule has 1 aliphatic heterocycles. The van der Waals surface area contributed by atoms with Crippen molar-refractivity contribution in [3.8, 4) is 0 Å². The molecular weight excluding hydrogens is 385 g/mol. The number of allylic oxidation sites excluding steroid dienone is 1. The predicted octanol–water partition coefficient (Wildman–Crippen LogP) is 4.64. The van der Waals surface area contributed by atoms with Gasteiger partial charge in [0.15, 0.2) is 0 Å². The molecule has 1 saturated carbocycles. The fourth-order valence-corrected chi connectivity index (χ4v) is 6.52. The van der Waals surface area contributed by atoms with Crippen LogP contribution in [0, 0.1) is 11.8 Å². The third-order valence-corrected chi connectivity index (χ3v) is 8.22. The van der Waals surface area contributed by atoms with Gasteiger partial charge in [0.2, 0.25) is 0 Å². The van der Waals surface area contributed by atoms with Crippen molar-refractivity contribution in [3.05, 3.63) is 42.0 Å². The Morgan fingerprint density at radius 2 is 1.96 bits per heavy atom. The molecule has 0 unspecified atom stereocenters. The summed E-state index contributed by atoms with van der Waals surface area (Å²) in [5.74, 6) is 1.46. The van der Waals surface area contributed by atoms with E-state index in [0.29, 0.717) is 27.0 Å². The predicted molar refractivity (Wildman–Crippen MR) is 112 cm³/mol. The fourth-order valence-electron chi connectivity index (χ4n) is 4.69. The second kappa shape index (κ2) is 8.61. The Morgan fingerprint density at radius 1 is 1.23 bits per heavy atom. The summed E-state index contributed by atoms with van der Waals surface area (Å²) in [4.78, 5) is 2.65. The van der Waals surface area contributed by atoms with Gasteiger partial charge in [0.1, 0.15) is 0 Å². The van der Waals surface area contributed by atoms with Crippen LogP contribution in [-0.4, -0.2) is 44.3 Å². The molecular formula is C23H35NOSe. The molecule has 4 atom stereocenters. The van der Waals surface area contributed by atoms with Gasteiger partial charge < -0.3 is 0 Å². The normalized spacial score (nSPS) is 31.3. The SMILES string of the molecule is CC(C)=C[C@@H]1O[C@@H]2C[C@H](C)CC[C@H]2C(C)(C)N1CC[Se]c1ccccc1. The van der Waals surface area contributed by atoms with E-state index in [1.54, 1.807) is 0 Å². The molecule has 0 spiro atoms. The topological polar surface area (TPSA) is 12.5 Å². The van der Waals surface area contributed by atoms with E-state index in [4.69, 9.17) is 4.74 Å². The van der Waals surface area contributed by atoms with E-state index in [1.165, 1.54) is 34.6 Å². The van der Waals surface area contributed by atoms with Gasteiger partial charge in [-0.25, -0.2) is 0 Å². The molecule has 0 radical (unpaired) electrons. The standard InChI is InChI=1S/C23H35NOSe/c1-17(2)15-22-24(13-14-26-19-9-7-6-8-10-19)23(4,5)20-12-11-18(3)16-21(20)25-22/h6-10,15,18,20-22H,11-14,16H2,1-5H3/t18-,20-,21-,22+/m1/s1. The molecule has 0 N–H and O–H groups in total. The minimum absolute atomic E-state index is 0.133. The molecule has 1 heterocycles. The average molecular weight is 420 g/mol. The van der Waals surface area contributed by atoms with Crippen LogP contribution in [0.25, 0.3) is 0 Å². The Bertz CT molecular complexity index is 608. The number of rotatable bonds is 5. The van der Waals surface area contributed by atoms with Crippen molar-refractivity contribution < 1.29 is 4.74 Å². The first-order chi connectivity index (χ1) is 12.4. The van der Waals surface area contributed by atoms with Gasteiger partial charge in [-0.15, -0.1) is 0 Å². The van der Waals surface area contributed by atoms with Crippen LogP contribution in [0.4, 0.5) is 0 Å². The van der Waals surface area contributed by atoms with Gasteiger partial charge in [-0.1, -0.05) is 0 Å².